The minimum absolute atomic E-state index is 0.113. The minimum atomic E-state index is -0.326. The number of halogens is 1. The molecule has 4 heteroatoms. The summed E-state index contributed by atoms with van der Waals surface area (Å²) < 4.78 is 14.4. The fourth-order valence-corrected chi connectivity index (χ4v) is 2.59. The van der Waals surface area contributed by atoms with Crippen LogP contribution in [-0.2, 0) is 6.42 Å². The SMILES string of the molecule is N#CCc1cc2scc(S)c2cc1F. The van der Waals surface area contributed by atoms with Crippen LogP contribution in [0.5, 0.6) is 0 Å². The second kappa shape index (κ2) is 3.60. The van der Waals surface area contributed by atoms with Crippen molar-refractivity contribution >= 4 is 34.1 Å². The van der Waals surface area contributed by atoms with E-state index in [-0.39, 0.29) is 12.2 Å². The number of hydrogen-bond acceptors (Lipinski definition) is 3. The lowest BCUT2D eigenvalue weighted by Crippen LogP contribution is -1.87. The molecule has 0 radical (unpaired) electrons. The van der Waals surface area contributed by atoms with Crippen LogP contribution in [0.3, 0.4) is 0 Å². The molecule has 2 aromatic rings. The first-order valence-electron chi connectivity index (χ1n) is 3.98. The van der Waals surface area contributed by atoms with Gasteiger partial charge >= 0.3 is 0 Å². The number of hydrogen-bond donors (Lipinski definition) is 1. The van der Waals surface area contributed by atoms with Gasteiger partial charge in [-0.3, -0.25) is 0 Å². The van der Waals surface area contributed by atoms with Crippen LogP contribution in [0.1, 0.15) is 5.56 Å². The van der Waals surface area contributed by atoms with Gasteiger partial charge in [-0.15, -0.1) is 24.0 Å². The third-order valence-electron chi connectivity index (χ3n) is 1.99. The Bertz CT molecular complexity index is 525. The first-order valence-corrected chi connectivity index (χ1v) is 5.30. The van der Waals surface area contributed by atoms with Crippen LogP contribution in [0.25, 0.3) is 10.1 Å². The van der Waals surface area contributed by atoms with Crippen LogP contribution >= 0.6 is 24.0 Å². The molecule has 0 N–H and O–H groups in total. The summed E-state index contributed by atoms with van der Waals surface area (Å²) in [6.07, 6.45) is 0.113. The highest BCUT2D eigenvalue weighted by atomic mass is 32.1. The van der Waals surface area contributed by atoms with E-state index in [0.29, 0.717) is 5.56 Å². The van der Waals surface area contributed by atoms with Gasteiger partial charge in [-0.2, -0.15) is 5.26 Å². The second-order valence-corrected chi connectivity index (χ2v) is 4.29. The number of nitrogens with zero attached hydrogens (tertiary/aromatic N) is 1. The largest absolute Gasteiger partial charge is 0.207 e. The van der Waals surface area contributed by atoms with E-state index in [1.54, 1.807) is 6.07 Å². The van der Waals surface area contributed by atoms with Crippen molar-refractivity contribution in [3.63, 3.8) is 0 Å². The molecule has 2 rings (SSSR count). The van der Waals surface area contributed by atoms with Crippen LogP contribution in [0.4, 0.5) is 4.39 Å². The Kier molecular flexibility index (Phi) is 2.44. The first-order chi connectivity index (χ1) is 6.72. The van der Waals surface area contributed by atoms with Gasteiger partial charge in [-0.25, -0.2) is 4.39 Å². The summed E-state index contributed by atoms with van der Waals surface area (Å²) in [5.41, 5.74) is 0.454. The zero-order valence-corrected chi connectivity index (χ0v) is 8.83. The van der Waals surface area contributed by atoms with Crippen LogP contribution in [0.2, 0.25) is 0 Å². The van der Waals surface area contributed by atoms with Crippen LogP contribution in [0, 0.1) is 17.1 Å². The summed E-state index contributed by atoms with van der Waals surface area (Å²) in [4.78, 5) is 0.785. The van der Waals surface area contributed by atoms with Crippen molar-refractivity contribution < 1.29 is 4.39 Å². The zero-order chi connectivity index (χ0) is 10.1. The van der Waals surface area contributed by atoms with E-state index in [9.17, 15) is 4.39 Å². The molecular weight excluding hydrogens is 217 g/mol. The number of thiophene rings is 1. The highest BCUT2D eigenvalue weighted by molar-refractivity contribution is 7.80. The normalized spacial score (nSPS) is 10.4. The van der Waals surface area contributed by atoms with Gasteiger partial charge < -0.3 is 0 Å². The van der Waals surface area contributed by atoms with Gasteiger partial charge in [0.2, 0.25) is 0 Å². The maximum Gasteiger partial charge on any atom is 0.128 e. The highest BCUT2D eigenvalue weighted by Gasteiger charge is 2.07. The summed E-state index contributed by atoms with van der Waals surface area (Å²) in [7, 11) is 0. The first kappa shape index (κ1) is 9.50. The molecule has 1 aromatic heterocycles. The second-order valence-electron chi connectivity index (χ2n) is 2.90. The van der Waals surface area contributed by atoms with Crippen LogP contribution < -0.4 is 0 Å². The lowest BCUT2D eigenvalue weighted by Gasteiger charge is -1.98. The van der Waals surface area contributed by atoms with Crippen molar-refractivity contribution in [2.45, 2.75) is 11.3 Å². The molecule has 0 bridgehead atoms. The van der Waals surface area contributed by atoms with Crippen molar-refractivity contribution in [1.82, 2.24) is 0 Å². The Morgan fingerprint density at radius 3 is 3.00 bits per heavy atom. The fourth-order valence-electron chi connectivity index (χ4n) is 1.30. The van der Waals surface area contributed by atoms with E-state index in [0.717, 1.165) is 15.0 Å². The van der Waals surface area contributed by atoms with Crippen LogP contribution in [-0.4, -0.2) is 0 Å². The lowest BCUT2D eigenvalue weighted by molar-refractivity contribution is 0.617. The third-order valence-corrected chi connectivity index (χ3v) is 3.48. The number of rotatable bonds is 1. The molecule has 0 aliphatic rings. The molecule has 0 aliphatic heterocycles. The minimum Gasteiger partial charge on any atom is -0.207 e. The highest BCUT2D eigenvalue weighted by Crippen LogP contribution is 2.30. The van der Waals surface area contributed by atoms with Gasteiger partial charge in [0, 0.05) is 25.9 Å². The molecule has 0 unspecified atom stereocenters. The maximum atomic E-state index is 13.4. The number of nitriles is 1. The molecule has 70 valence electrons. The fraction of sp³-hybridized carbons (Fsp3) is 0.100. The Hall–Kier alpha value is -1.05. The molecule has 0 amide bonds. The molecule has 1 nitrogen and oxygen atoms in total. The van der Waals surface area contributed by atoms with Gasteiger partial charge in [0.15, 0.2) is 0 Å². The Morgan fingerprint density at radius 2 is 2.29 bits per heavy atom. The molecule has 14 heavy (non-hydrogen) atoms. The average Bonchev–Trinajstić information content (AvgIpc) is 2.50. The standard InChI is InChI=1S/C10H6FNS2/c11-8-4-7-9(13)5-14-10(7)3-6(8)1-2-12/h3-5,13H,1H2. The lowest BCUT2D eigenvalue weighted by atomic mass is 10.1. The molecule has 1 heterocycles. The van der Waals surface area contributed by atoms with Crippen molar-refractivity contribution in [2.24, 2.45) is 0 Å². The van der Waals surface area contributed by atoms with Gasteiger partial charge in [0.05, 0.1) is 12.5 Å². The quantitative estimate of drug-likeness (QED) is 0.736. The zero-order valence-electron chi connectivity index (χ0n) is 7.12. The smallest absolute Gasteiger partial charge is 0.128 e. The number of fused-ring (bicyclic) bond motifs is 1. The van der Waals surface area contributed by atoms with E-state index in [1.165, 1.54) is 17.4 Å². The van der Waals surface area contributed by atoms with Gasteiger partial charge in [-0.1, -0.05) is 0 Å². The Balaban J connectivity index is 2.67. The summed E-state index contributed by atoms with van der Waals surface area (Å²) >= 11 is 5.72. The van der Waals surface area contributed by atoms with Gasteiger partial charge in [0.25, 0.3) is 0 Å². The van der Waals surface area contributed by atoms with E-state index in [2.05, 4.69) is 12.6 Å². The van der Waals surface area contributed by atoms with Crippen molar-refractivity contribution in [1.29, 1.82) is 5.26 Å². The van der Waals surface area contributed by atoms with Gasteiger partial charge in [0.1, 0.15) is 5.82 Å². The topological polar surface area (TPSA) is 23.8 Å². The van der Waals surface area contributed by atoms with E-state index >= 15 is 0 Å². The molecular formula is C10H6FNS2. The molecule has 0 saturated carbocycles. The molecule has 0 aliphatic carbocycles. The molecule has 0 fully saturated rings. The monoisotopic (exact) mass is 223 g/mol. The summed E-state index contributed by atoms with van der Waals surface area (Å²) in [6, 6.07) is 5.11. The molecule has 0 spiro atoms. The summed E-state index contributed by atoms with van der Waals surface area (Å²) in [6.45, 7) is 0. The predicted octanol–water partition coefficient (Wildman–Crippen LogP) is 3.40. The van der Waals surface area contributed by atoms with Crippen LogP contribution in [0.15, 0.2) is 22.4 Å². The van der Waals surface area contributed by atoms with E-state index in [4.69, 9.17) is 5.26 Å². The number of thiol groups is 1. The van der Waals surface area contributed by atoms with Crippen molar-refractivity contribution in [3.05, 3.63) is 28.9 Å². The van der Waals surface area contributed by atoms with E-state index < -0.39 is 0 Å². The molecule has 1 aromatic carbocycles. The molecule has 0 saturated heterocycles. The average molecular weight is 223 g/mol. The number of benzene rings is 1. The summed E-state index contributed by atoms with van der Waals surface area (Å²) in [5.74, 6) is -0.326. The third kappa shape index (κ3) is 1.49. The summed E-state index contributed by atoms with van der Waals surface area (Å²) in [5, 5.41) is 11.2. The maximum absolute atomic E-state index is 13.4. The predicted molar refractivity (Wildman–Crippen MR) is 58.4 cm³/mol. The van der Waals surface area contributed by atoms with Crippen molar-refractivity contribution in [3.8, 4) is 6.07 Å². The van der Waals surface area contributed by atoms with Gasteiger partial charge in [-0.05, 0) is 12.1 Å². The Morgan fingerprint density at radius 1 is 1.50 bits per heavy atom. The van der Waals surface area contributed by atoms with Crippen molar-refractivity contribution in [2.75, 3.05) is 0 Å². The van der Waals surface area contributed by atoms with E-state index in [1.807, 2.05) is 11.4 Å². The Labute approximate surface area is 90.2 Å². The molecule has 0 atom stereocenters.